The molecule has 2 heterocycles. The summed E-state index contributed by atoms with van der Waals surface area (Å²) in [4.78, 5) is 37.5. The summed E-state index contributed by atoms with van der Waals surface area (Å²) in [5.41, 5.74) is 1.46. The van der Waals surface area contributed by atoms with Crippen molar-refractivity contribution in [2.24, 2.45) is 0 Å². The highest BCUT2D eigenvalue weighted by atomic mass is 19.2. The van der Waals surface area contributed by atoms with Crippen molar-refractivity contribution in [1.82, 2.24) is 5.32 Å². The maximum absolute atomic E-state index is 13.7. The van der Waals surface area contributed by atoms with Gasteiger partial charge < -0.3 is 25.4 Å². The van der Waals surface area contributed by atoms with E-state index in [1.807, 2.05) is 0 Å². The van der Waals surface area contributed by atoms with Gasteiger partial charge in [0.2, 0.25) is 5.91 Å². The van der Waals surface area contributed by atoms with Crippen molar-refractivity contribution in [3.63, 3.8) is 0 Å². The van der Waals surface area contributed by atoms with Crippen LogP contribution in [0.2, 0.25) is 0 Å². The molecule has 2 aromatic carbocycles. The number of halogens is 3. The summed E-state index contributed by atoms with van der Waals surface area (Å²) in [6.07, 6.45) is -0.680. The van der Waals surface area contributed by atoms with Gasteiger partial charge in [-0.05, 0) is 36.2 Å². The van der Waals surface area contributed by atoms with Crippen molar-refractivity contribution in [3.05, 3.63) is 58.9 Å². The molecule has 11 heteroatoms. The van der Waals surface area contributed by atoms with Crippen LogP contribution in [0.15, 0.2) is 30.3 Å². The molecule has 2 aromatic rings. The number of hydrogen-bond acceptors (Lipinski definition) is 5. The minimum Gasteiger partial charge on any atom is -0.407 e. The maximum atomic E-state index is 13.7. The molecule has 0 radical (unpaired) electrons. The van der Waals surface area contributed by atoms with Gasteiger partial charge in [-0.1, -0.05) is 0 Å². The van der Waals surface area contributed by atoms with Crippen LogP contribution in [0.4, 0.5) is 29.3 Å². The Morgan fingerprint density at radius 3 is 2.75 bits per heavy atom. The van der Waals surface area contributed by atoms with Gasteiger partial charge in [-0.15, -0.1) is 0 Å². The Labute approximate surface area is 180 Å². The van der Waals surface area contributed by atoms with Crippen LogP contribution in [0.3, 0.4) is 0 Å². The fourth-order valence-corrected chi connectivity index (χ4v) is 3.66. The largest absolute Gasteiger partial charge is 0.410 e. The normalized spacial score (nSPS) is 20.1. The van der Waals surface area contributed by atoms with Crippen molar-refractivity contribution in [2.75, 3.05) is 16.8 Å². The molecule has 0 unspecified atom stereocenters. The zero-order valence-corrected chi connectivity index (χ0v) is 16.6. The molecular weight excluding hydrogens is 431 g/mol. The molecule has 1 saturated heterocycles. The average Bonchev–Trinajstić information content (AvgIpc) is 3.03. The number of amides is 3. The van der Waals surface area contributed by atoms with Crippen LogP contribution in [0.1, 0.15) is 24.0 Å². The molecule has 32 heavy (non-hydrogen) atoms. The summed E-state index contributed by atoms with van der Waals surface area (Å²) in [7, 11) is 0. The lowest BCUT2D eigenvalue weighted by molar-refractivity contribution is -0.175. The Kier molecular flexibility index (Phi) is 5.51. The van der Waals surface area contributed by atoms with E-state index in [9.17, 15) is 32.7 Å². The molecule has 0 spiro atoms. The number of anilines is 2. The van der Waals surface area contributed by atoms with Crippen molar-refractivity contribution in [1.29, 1.82) is 0 Å². The second-order valence-corrected chi connectivity index (χ2v) is 7.48. The second-order valence-electron chi connectivity index (χ2n) is 7.48. The van der Waals surface area contributed by atoms with Gasteiger partial charge in [0.05, 0.1) is 0 Å². The number of alkyl carbamates (subject to hydrolysis) is 1. The van der Waals surface area contributed by atoms with E-state index in [4.69, 9.17) is 4.74 Å². The summed E-state index contributed by atoms with van der Waals surface area (Å²) in [5, 5.41) is 15.3. The summed E-state index contributed by atoms with van der Waals surface area (Å²) in [6, 6.07) is 6.01. The minimum atomic E-state index is -2.46. The average molecular weight is 449 g/mol. The molecule has 3 N–H and O–H groups in total. The number of fused-ring (bicyclic) bond motifs is 1. The number of hydrogen-bond donors (Lipinski definition) is 3. The molecule has 2 aliphatic heterocycles. The molecular formula is C21H18F3N3O5. The van der Waals surface area contributed by atoms with Gasteiger partial charge in [0, 0.05) is 48.9 Å². The van der Waals surface area contributed by atoms with E-state index in [1.54, 1.807) is 18.2 Å². The van der Waals surface area contributed by atoms with E-state index in [0.29, 0.717) is 36.3 Å². The number of carbonyl (C=O) groups excluding carboxylic acids is 3. The standard InChI is InChI=1S/C21H18F3N3O5/c22-13-7-12(18(24)15(23)9-13)10-25-20(30)32-21(31)5-6-27(19(21)29)14-2-3-16-11(8-14)1-4-17(28)26-16/h2-3,7-9,31H,1,4-6,10H2,(H,25,30)(H,26,28)/t21-/m0/s1. The van der Waals surface area contributed by atoms with Crippen molar-refractivity contribution in [2.45, 2.75) is 31.6 Å². The summed E-state index contributed by atoms with van der Waals surface area (Å²) < 4.78 is 45.0. The highest BCUT2D eigenvalue weighted by Crippen LogP contribution is 2.33. The monoisotopic (exact) mass is 449 g/mol. The van der Waals surface area contributed by atoms with Gasteiger partial charge in [-0.3, -0.25) is 9.59 Å². The molecule has 0 saturated carbocycles. The third-order valence-corrected chi connectivity index (χ3v) is 5.30. The number of carbonyl (C=O) groups is 3. The Bertz CT molecular complexity index is 1130. The van der Waals surface area contributed by atoms with Gasteiger partial charge >= 0.3 is 6.09 Å². The van der Waals surface area contributed by atoms with Crippen molar-refractivity contribution < 1.29 is 37.4 Å². The number of aliphatic hydroxyl groups is 1. The molecule has 8 nitrogen and oxygen atoms in total. The number of nitrogens with zero attached hydrogens (tertiary/aromatic N) is 1. The minimum absolute atomic E-state index is 0.0531. The van der Waals surface area contributed by atoms with Gasteiger partial charge in [0.15, 0.2) is 11.6 Å². The quantitative estimate of drug-likeness (QED) is 0.491. The molecule has 2 aliphatic rings. The second kappa shape index (κ2) is 8.15. The summed E-state index contributed by atoms with van der Waals surface area (Å²) >= 11 is 0. The number of rotatable bonds is 4. The maximum Gasteiger partial charge on any atom is 0.410 e. The molecule has 168 valence electrons. The first-order valence-corrected chi connectivity index (χ1v) is 9.74. The lowest BCUT2D eigenvalue weighted by Gasteiger charge is -2.24. The zero-order chi connectivity index (χ0) is 23.0. The summed E-state index contributed by atoms with van der Waals surface area (Å²) in [6.45, 7) is -0.568. The number of nitrogens with one attached hydrogen (secondary N) is 2. The van der Waals surface area contributed by atoms with Crippen LogP contribution in [-0.4, -0.2) is 35.3 Å². The summed E-state index contributed by atoms with van der Waals surface area (Å²) in [5.74, 6) is -7.22. The van der Waals surface area contributed by atoms with E-state index in [-0.39, 0.29) is 18.9 Å². The molecule has 0 bridgehead atoms. The zero-order valence-electron chi connectivity index (χ0n) is 16.6. The van der Waals surface area contributed by atoms with Crippen molar-refractivity contribution in [3.8, 4) is 0 Å². The fourth-order valence-electron chi connectivity index (χ4n) is 3.66. The van der Waals surface area contributed by atoms with E-state index in [1.165, 1.54) is 4.90 Å². The van der Waals surface area contributed by atoms with Crippen LogP contribution < -0.4 is 15.5 Å². The SMILES string of the molecule is O=C1CCc2cc(N3CC[C@](O)(OC(=O)NCc4cc(F)cc(F)c4F)C3=O)ccc2N1. The van der Waals surface area contributed by atoms with Gasteiger partial charge in [-0.2, -0.15) is 0 Å². The first-order chi connectivity index (χ1) is 15.2. The highest BCUT2D eigenvalue weighted by molar-refractivity contribution is 6.02. The van der Waals surface area contributed by atoms with Crippen LogP contribution in [0, 0.1) is 17.5 Å². The van der Waals surface area contributed by atoms with E-state index in [2.05, 4.69) is 10.6 Å². The van der Waals surface area contributed by atoms with Gasteiger partial charge in [0.1, 0.15) is 5.82 Å². The lowest BCUT2D eigenvalue weighted by Crippen LogP contribution is -2.46. The highest BCUT2D eigenvalue weighted by Gasteiger charge is 2.49. The Hall–Kier alpha value is -3.60. The van der Waals surface area contributed by atoms with Crippen LogP contribution >= 0.6 is 0 Å². The van der Waals surface area contributed by atoms with Crippen LogP contribution in [0.25, 0.3) is 0 Å². The molecule has 0 aliphatic carbocycles. The predicted octanol–water partition coefficient (Wildman–Crippen LogP) is 2.34. The number of ether oxygens (including phenoxy) is 1. The Morgan fingerprint density at radius 2 is 1.97 bits per heavy atom. The number of aryl methyl sites for hydroxylation is 1. The lowest BCUT2D eigenvalue weighted by atomic mass is 10.0. The van der Waals surface area contributed by atoms with E-state index < -0.39 is 47.3 Å². The van der Waals surface area contributed by atoms with Crippen LogP contribution in [0.5, 0.6) is 0 Å². The number of benzene rings is 2. The topological polar surface area (TPSA) is 108 Å². The van der Waals surface area contributed by atoms with Crippen LogP contribution in [-0.2, 0) is 27.3 Å². The molecule has 1 fully saturated rings. The third-order valence-electron chi connectivity index (χ3n) is 5.30. The smallest absolute Gasteiger partial charge is 0.407 e. The van der Waals surface area contributed by atoms with Gasteiger partial charge in [0.25, 0.3) is 11.7 Å². The molecule has 1 atom stereocenters. The molecule has 3 amide bonds. The molecule has 0 aromatic heterocycles. The first-order valence-electron chi connectivity index (χ1n) is 9.74. The third kappa shape index (κ3) is 4.11. The Balaban J connectivity index is 1.41. The van der Waals surface area contributed by atoms with E-state index >= 15 is 0 Å². The van der Waals surface area contributed by atoms with Crippen molar-refractivity contribution >= 4 is 29.3 Å². The Morgan fingerprint density at radius 1 is 1.19 bits per heavy atom. The fraction of sp³-hybridized carbons (Fsp3) is 0.286. The molecule has 4 rings (SSSR count). The van der Waals surface area contributed by atoms with E-state index in [0.717, 1.165) is 5.56 Å². The van der Waals surface area contributed by atoms with Gasteiger partial charge in [-0.25, -0.2) is 18.0 Å². The first kappa shape index (κ1) is 21.6. The predicted molar refractivity (Wildman–Crippen MR) is 105 cm³/mol.